The summed E-state index contributed by atoms with van der Waals surface area (Å²) in [7, 11) is 0. The Kier molecular flexibility index (Phi) is 2.37. The van der Waals surface area contributed by atoms with Crippen molar-refractivity contribution < 1.29 is 4.42 Å². The molecule has 0 saturated heterocycles. The number of nitrogens with zero attached hydrogens (tertiary/aromatic N) is 1. The van der Waals surface area contributed by atoms with Crippen LogP contribution in [0.2, 0.25) is 0 Å². The van der Waals surface area contributed by atoms with Crippen molar-refractivity contribution in [3.8, 4) is 0 Å². The summed E-state index contributed by atoms with van der Waals surface area (Å²) in [6, 6.07) is 5.31. The van der Waals surface area contributed by atoms with Crippen LogP contribution in [0.1, 0.15) is 0 Å². The molecule has 0 aliphatic carbocycles. The first-order valence-electron chi connectivity index (χ1n) is 3.43. The van der Waals surface area contributed by atoms with Crippen LogP contribution in [0.5, 0.6) is 0 Å². The van der Waals surface area contributed by atoms with E-state index in [0.29, 0.717) is 14.8 Å². The van der Waals surface area contributed by atoms with Gasteiger partial charge in [-0.05, 0) is 18.2 Å². The molecule has 13 heavy (non-hydrogen) atoms. The maximum Gasteiger partial charge on any atom is 0.347 e. The van der Waals surface area contributed by atoms with Gasteiger partial charge in [0.25, 0.3) is 3.90 Å². The highest BCUT2D eigenvalue weighted by molar-refractivity contribution is 14.1. The van der Waals surface area contributed by atoms with Crippen LogP contribution >= 0.6 is 38.5 Å². The molecule has 0 amide bonds. The van der Waals surface area contributed by atoms with Crippen molar-refractivity contribution in [3.05, 3.63) is 37.0 Å². The second-order valence-corrected chi connectivity index (χ2v) is 4.25. The van der Waals surface area contributed by atoms with Crippen LogP contribution in [0.3, 0.4) is 0 Å². The molecule has 0 radical (unpaired) electrons. The molecule has 0 atom stereocenters. The zero-order chi connectivity index (χ0) is 9.42. The number of benzene rings is 1. The van der Waals surface area contributed by atoms with Crippen molar-refractivity contribution in [3.63, 3.8) is 0 Å². The highest BCUT2D eigenvalue weighted by atomic mass is 127. The third-order valence-electron chi connectivity index (χ3n) is 1.56. The molecule has 0 spiro atoms. The first-order valence-corrected chi connectivity index (χ1v) is 5.30. The van der Waals surface area contributed by atoms with Crippen LogP contribution in [0, 0.1) is 3.90 Å². The largest absolute Gasteiger partial charge is 0.398 e. The lowest BCUT2D eigenvalue weighted by molar-refractivity contribution is 0.469. The molecule has 2 rings (SSSR count). The van der Waals surface area contributed by atoms with Gasteiger partial charge in [-0.1, -0.05) is 15.9 Å². The van der Waals surface area contributed by atoms with E-state index in [2.05, 4.69) is 20.9 Å². The van der Waals surface area contributed by atoms with Crippen LogP contribution in [0.4, 0.5) is 0 Å². The third kappa shape index (κ3) is 1.76. The normalized spacial score (nSPS) is 10.6. The zero-order valence-electron chi connectivity index (χ0n) is 6.25. The minimum Gasteiger partial charge on any atom is -0.398 e. The minimum absolute atomic E-state index is 0.351. The number of fused-ring (bicyclic) bond motifs is 1. The number of hydrogen-bond acceptors (Lipinski definition) is 3. The molecule has 3 nitrogen and oxygen atoms in total. The summed E-state index contributed by atoms with van der Waals surface area (Å²) in [6.07, 6.45) is 0. The van der Waals surface area contributed by atoms with Gasteiger partial charge in [0.2, 0.25) is 0 Å². The van der Waals surface area contributed by atoms with E-state index in [0.717, 1.165) is 4.47 Å². The highest BCUT2D eigenvalue weighted by Crippen LogP contribution is 2.15. The Hall–Kier alpha value is -0.430. The maximum absolute atomic E-state index is 11.3. The Labute approximate surface area is 95.4 Å². The van der Waals surface area contributed by atoms with Gasteiger partial charge in [0.1, 0.15) is 0 Å². The molecule has 0 N–H and O–H groups in total. The van der Waals surface area contributed by atoms with E-state index in [9.17, 15) is 4.79 Å². The van der Waals surface area contributed by atoms with E-state index >= 15 is 0 Å². The van der Waals surface area contributed by atoms with Crippen molar-refractivity contribution in [1.29, 1.82) is 0 Å². The van der Waals surface area contributed by atoms with Crippen molar-refractivity contribution in [2.45, 2.75) is 0 Å². The topological polar surface area (TPSA) is 43.1 Å². The van der Waals surface area contributed by atoms with Gasteiger partial charge < -0.3 is 4.42 Å². The molecule has 1 aromatic heterocycles. The first-order chi connectivity index (χ1) is 6.16. The van der Waals surface area contributed by atoms with Crippen LogP contribution in [-0.2, 0) is 0 Å². The Morgan fingerprint density at radius 3 is 3.00 bits per heavy atom. The molecule has 0 saturated carbocycles. The lowest BCUT2D eigenvalue weighted by Crippen LogP contribution is -2.02. The average molecular weight is 352 g/mol. The Balaban J connectivity index is 2.95. The van der Waals surface area contributed by atoms with E-state index in [-0.39, 0.29) is 5.63 Å². The van der Waals surface area contributed by atoms with Crippen molar-refractivity contribution in [2.24, 2.45) is 0 Å². The van der Waals surface area contributed by atoms with Gasteiger partial charge in [0.05, 0.1) is 10.9 Å². The fraction of sp³-hybridized carbons (Fsp3) is 0. The van der Waals surface area contributed by atoms with Gasteiger partial charge in [0, 0.05) is 27.1 Å². The number of hydrogen-bond donors (Lipinski definition) is 0. The monoisotopic (exact) mass is 351 g/mol. The molecule has 1 heterocycles. The van der Waals surface area contributed by atoms with Gasteiger partial charge in [-0.3, -0.25) is 0 Å². The Morgan fingerprint density at radius 2 is 2.23 bits per heavy atom. The van der Waals surface area contributed by atoms with E-state index in [1.165, 1.54) is 0 Å². The molecule has 0 aliphatic rings. The number of halogens is 2. The molecule has 0 aliphatic heterocycles. The Morgan fingerprint density at radius 1 is 1.46 bits per heavy atom. The molecule has 0 fully saturated rings. The van der Waals surface area contributed by atoms with Crippen molar-refractivity contribution in [2.75, 3.05) is 0 Å². The van der Waals surface area contributed by atoms with E-state index in [1.54, 1.807) is 12.1 Å². The van der Waals surface area contributed by atoms with Gasteiger partial charge in [-0.15, -0.1) is 0 Å². The summed E-state index contributed by atoms with van der Waals surface area (Å²) in [5.74, 6) is 0. The molecule has 66 valence electrons. The summed E-state index contributed by atoms with van der Waals surface area (Å²) in [4.78, 5) is 15.4. The van der Waals surface area contributed by atoms with Crippen LogP contribution < -0.4 is 5.63 Å². The highest BCUT2D eigenvalue weighted by Gasteiger charge is 2.03. The second-order valence-electron chi connectivity index (χ2n) is 2.42. The average Bonchev–Trinajstić information content (AvgIpc) is 2.06. The van der Waals surface area contributed by atoms with Gasteiger partial charge >= 0.3 is 5.63 Å². The van der Waals surface area contributed by atoms with E-state index < -0.39 is 0 Å². The quantitative estimate of drug-likeness (QED) is 0.685. The fourth-order valence-corrected chi connectivity index (χ4v) is 1.84. The molecule has 0 bridgehead atoms. The van der Waals surface area contributed by atoms with Crippen LogP contribution in [-0.4, -0.2) is 4.98 Å². The molecule has 5 heteroatoms. The first kappa shape index (κ1) is 9.14. The second kappa shape index (κ2) is 3.38. The molecule has 2 aromatic rings. The molecular formula is C8H3BrINO2. The Bertz CT molecular complexity index is 523. The summed E-state index contributed by atoms with van der Waals surface area (Å²) < 4.78 is 6.05. The van der Waals surface area contributed by atoms with Gasteiger partial charge in [-0.25, -0.2) is 9.78 Å². The zero-order valence-corrected chi connectivity index (χ0v) is 10.00. The molecule has 0 unspecified atom stereocenters. The standard InChI is InChI=1S/C8H3BrINO2/c9-4-1-2-6-5(3-4)7(12)13-8(10)11-6/h1-3H. The van der Waals surface area contributed by atoms with Crippen molar-refractivity contribution >= 4 is 49.4 Å². The third-order valence-corrected chi connectivity index (χ3v) is 2.52. The lowest BCUT2D eigenvalue weighted by atomic mass is 10.2. The van der Waals surface area contributed by atoms with Gasteiger partial charge in [-0.2, -0.15) is 0 Å². The lowest BCUT2D eigenvalue weighted by Gasteiger charge is -1.95. The van der Waals surface area contributed by atoms with Gasteiger partial charge in [0.15, 0.2) is 0 Å². The SMILES string of the molecule is O=c1oc(I)nc2ccc(Br)cc12. The molecular weight excluding hydrogens is 349 g/mol. The number of aromatic nitrogens is 1. The minimum atomic E-state index is -0.351. The maximum atomic E-state index is 11.3. The fourth-order valence-electron chi connectivity index (χ4n) is 1.02. The predicted molar refractivity (Wildman–Crippen MR) is 60.7 cm³/mol. The predicted octanol–water partition coefficient (Wildman–Crippen LogP) is 2.56. The molecule has 1 aromatic carbocycles. The summed E-state index contributed by atoms with van der Waals surface area (Å²) in [6.45, 7) is 0. The number of rotatable bonds is 0. The smallest absolute Gasteiger partial charge is 0.347 e. The van der Waals surface area contributed by atoms with E-state index in [1.807, 2.05) is 28.7 Å². The summed E-state index contributed by atoms with van der Waals surface area (Å²) in [5.41, 5.74) is 0.305. The van der Waals surface area contributed by atoms with E-state index in [4.69, 9.17) is 4.42 Å². The summed E-state index contributed by atoms with van der Waals surface area (Å²) >= 11 is 5.15. The van der Waals surface area contributed by atoms with Crippen LogP contribution in [0.25, 0.3) is 10.9 Å². The summed E-state index contributed by atoms with van der Waals surface area (Å²) in [5, 5.41) is 0.495. The van der Waals surface area contributed by atoms with Crippen molar-refractivity contribution in [1.82, 2.24) is 4.98 Å². The van der Waals surface area contributed by atoms with Crippen LogP contribution in [0.15, 0.2) is 31.9 Å².